The molecule has 0 bridgehead atoms. The van der Waals surface area contributed by atoms with E-state index >= 15 is 0 Å². The average molecular weight is 212 g/mol. The van der Waals surface area contributed by atoms with Gasteiger partial charge in [-0.15, -0.1) is 0 Å². The highest BCUT2D eigenvalue weighted by atomic mass is 35.5. The van der Waals surface area contributed by atoms with Crippen LogP contribution in [0.5, 0.6) is 0 Å². The number of hydrogen-bond acceptors (Lipinski definition) is 2. The van der Waals surface area contributed by atoms with E-state index in [0.29, 0.717) is 16.4 Å². The van der Waals surface area contributed by atoms with E-state index in [1.165, 1.54) is 12.1 Å². The third kappa shape index (κ3) is 1.61. The molecule has 3 nitrogen and oxygen atoms in total. The van der Waals surface area contributed by atoms with Crippen LogP contribution >= 0.6 is 11.6 Å². The average Bonchev–Trinajstić information content (AvgIpc) is 2.51. The van der Waals surface area contributed by atoms with Crippen LogP contribution in [0.1, 0.15) is 0 Å². The van der Waals surface area contributed by atoms with E-state index in [2.05, 4.69) is 10.1 Å². The summed E-state index contributed by atoms with van der Waals surface area (Å²) in [5.74, 6) is 0.132. The van der Waals surface area contributed by atoms with E-state index in [1.807, 2.05) is 0 Å². The molecule has 1 aromatic carbocycles. The second-order valence-electron chi connectivity index (χ2n) is 2.87. The first-order chi connectivity index (χ1) is 6.66. The first-order valence-electron chi connectivity index (χ1n) is 3.98. The lowest BCUT2D eigenvalue weighted by molar-refractivity contribution is 0.628. The fourth-order valence-electron chi connectivity index (χ4n) is 1.13. The van der Waals surface area contributed by atoms with Crippen LogP contribution in [0.15, 0.2) is 24.5 Å². The highest BCUT2D eigenvalue weighted by molar-refractivity contribution is 6.33. The maximum atomic E-state index is 12.7. The Balaban J connectivity index is 2.52. The van der Waals surface area contributed by atoms with E-state index in [4.69, 9.17) is 11.6 Å². The fraction of sp³-hybridized carbons (Fsp3) is 0.111. The molecule has 0 unspecified atom stereocenters. The van der Waals surface area contributed by atoms with Gasteiger partial charge in [-0.25, -0.2) is 9.37 Å². The molecular weight excluding hydrogens is 205 g/mol. The molecule has 0 saturated heterocycles. The molecule has 2 rings (SSSR count). The zero-order valence-electron chi connectivity index (χ0n) is 7.41. The molecule has 1 aromatic heterocycles. The van der Waals surface area contributed by atoms with Crippen LogP contribution in [0.2, 0.25) is 5.02 Å². The van der Waals surface area contributed by atoms with Gasteiger partial charge in [-0.1, -0.05) is 11.6 Å². The summed E-state index contributed by atoms with van der Waals surface area (Å²) in [5.41, 5.74) is 0.633. The number of nitrogens with zero attached hydrogens (tertiary/aromatic N) is 3. The fourth-order valence-corrected chi connectivity index (χ4v) is 1.39. The maximum Gasteiger partial charge on any atom is 0.182 e. The van der Waals surface area contributed by atoms with Gasteiger partial charge in [0.25, 0.3) is 0 Å². The van der Waals surface area contributed by atoms with E-state index in [-0.39, 0.29) is 5.82 Å². The van der Waals surface area contributed by atoms with Crippen molar-refractivity contribution in [1.29, 1.82) is 0 Å². The Morgan fingerprint density at radius 3 is 2.79 bits per heavy atom. The van der Waals surface area contributed by atoms with Gasteiger partial charge in [0.05, 0.1) is 5.02 Å². The van der Waals surface area contributed by atoms with Crippen molar-refractivity contribution < 1.29 is 4.39 Å². The number of halogens is 2. The number of hydrogen-bond donors (Lipinski definition) is 0. The molecule has 0 aliphatic carbocycles. The molecule has 0 saturated carbocycles. The quantitative estimate of drug-likeness (QED) is 0.725. The second-order valence-corrected chi connectivity index (χ2v) is 3.27. The van der Waals surface area contributed by atoms with E-state index in [9.17, 15) is 4.39 Å². The number of benzene rings is 1. The lowest BCUT2D eigenvalue weighted by atomic mass is 10.2. The summed E-state index contributed by atoms with van der Waals surface area (Å²) in [7, 11) is 1.76. The molecular formula is C9H7ClFN3. The van der Waals surface area contributed by atoms with Gasteiger partial charge in [0, 0.05) is 12.6 Å². The predicted octanol–water partition coefficient (Wildman–Crippen LogP) is 2.27. The van der Waals surface area contributed by atoms with Crippen LogP contribution in [0, 0.1) is 5.82 Å². The summed E-state index contributed by atoms with van der Waals surface area (Å²) in [6.07, 6.45) is 1.56. The van der Waals surface area contributed by atoms with E-state index in [0.717, 1.165) is 0 Å². The van der Waals surface area contributed by atoms with Crippen LogP contribution in [0.3, 0.4) is 0 Å². The lowest BCUT2D eigenvalue weighted by Crippen LogP contribution is -1.88. The molecule has 0 aliphatic rings. The van der Waals surface area contributed by atoms with Crippen molar-refractivity contribution >= 4 is 11.6 Å². The first-order valence-corrected chi connectivity index (χ1v) is 4.35. The van der Waals surface area contributed by atoms with Crippen molar-refractivity contribution in [3.63, 3.8) is 0 Å². The Morgan fingerprint density at radius 1 is 1.43 bits per heavy atom. The van der Waals surface area contributed by atoms with Crippen LogP contribution in [-0.4, -0.2) is 14.8 Å². The standard InChI is InChI=1S/C9H7ClFN3/c1-14-5-12-9(13-14)7-3-2-6(11)4-8(7)10/h2-5H,1H3. The largest absolute Gasteiger partial charge is 0.255 e. The zero-order valence-corrected chi connectivity index (χ0v) is 8.16. The second kappa shape index (κ2) is 3.38. The highest BCUT2D eigenvalue weighted by Crippen LogP contribution is 2.25. The maximum absolute atomic E-state index is 12.7. The highest BCUT2D eigenvalue weighted by Gasteiger charge is 2.08. The van der Waals surface area contributed by atoms with Crippen molar-refractivity contribution in [3.05, 3.63) is 35.4 Å². The summed E-state index contributed by atoms with van der Waals surface area (Å²) >= 11 is 5.84. The van der Waals surface area contributed by atoms with Crippen molar-refractivity contribution in [2.24, 2.45) is 7.05 Å². The normalized spacial score (nSPS) is 10.5. The van der Waals surface area contributed by atoms with Gasteiger partial charge in [-0.2, -0.15) is 5.10 Å². The summed E-state index contributed by atoms with van der Waals surface area (Å²) < 4.78 is 14.3. The van der Waals surface area contributed by atoms with Crippen LogP contribution in [0.4, 0.5) is 4.39 Å². The minimum atomic E-state index is -0.366. The van der Waals surface area contributed by atoms with E-state index < -0.39 is 0 Å². The van der Waals surface area contributed by atoms with Gasteiger partial charge in [0.2, 0.25) is 0 Å². The van der Waals surface area contributed by atoms with Crippen molar-refractivity contribution in [2.45, 2.75) is 0 Å². The topological polar surface area (TPSA) is 30.7 Å². The summed E-state index contributed by atoms with van der Waals surface area (Å²) in [6, 6.07) is 4.14. The number of aryl methyl sites for hydroxylation is 1. The Morgan fingerprint density at radius 2 is 2.21 bits per heavy atom. The van der Waals surface area contributed by atoms with Gasteiger partial charge >= 0.3 is 0 Å². The van der Waals surface area contributed by atoms with Gasteiger partial charge in [-0.3, -0.25) is 4.68 Å². The van der Waals surface area contributed by atoms with Crippen molar-refractivity contribution in [1.82, 2.24) is 14.8 Å². The minimum absolute atomic E-state index is 0.316. The zero-order chi connectivity index (χ0) is 10.1. The Hall–Kier alpha value is -1.42. The monoisotopic (exact) mass is 211 g/mol. The minimum Gasteiger partial charge on any atom is -0.255 e. The molecule has 0 amide bonds. The van der Waals surface area contributed by atoms with Gasteiger partial charge < -0.3 is 0 Å². The van der Waals surface area contributed by atoms with Gasteiger partial charge in [0.1, 0.15) is 12.1 Å². The SMILES string of the molecule is Cn1cnc(-c2ccc(F)cc2Cl)n1. The molecule has 0 spiro atoms. The summed E-state index contributed by atoms with van der Waals surface area (Å²) in [4.78, 5) is 4.02. The summed E-state index contributed by atoms with van der Waals surface area (Å²) in [5, 5.41) is 4.39. The third-order valence-electron chi connectivity index (χ3n) is 1.77. The molecule has 0 N–H and O–H groups in total. The summed E-state index contributed by atoms with van der Waals surface area (Å²) in [6.45, 7) is 0. The van der Waals surface area contributed by atoms with Crippen molar-refractivity contribution in [2.75, 3.05) is 0 Å². The molecule has 1 heterocycles. The predicted molar refractivity (Wildman–Crippen MR) is 51.4 cm³/mol. The van der Waals surface area contributed by atoms with E-state index in [1.54, 1.807) is 24.1 Å². The lowest BCUT2D eigenvalue weighted by Gasteiger charge is -1.98. The molecule has 0 radical (unpaired) electrons. The molecule has 0 atom stereocenters. The third-order valence-corrected chi connectivity index (χ3v) is 2.08. The van der Waals surface area contributed by atoms with Crippen LogP contribution in [-0.2, 0) is 7.05 Å². The van der Waals surface area contributed by atoms with Gasteiger partial charge in [0.15, 0.2) is 5.82 Å². The molecule has 2 aromatic rings. The van der Waals surface area contributed by atoms with Crippen molar-refractivity contribution in [3.8, 4) is 11.4 Å². The molecule has 0 fully saturated rings. The molecule has 14 heavy (non-hydrogen) atoms. The first kappa shape index (κ1) is 9.15. The van der Waals surface area contributed by atoms with Crippen LogP contribution < -0.4 is 0 Å². The smallest absolute Gasteiger partial charge is 0.182 e. The number of aromatic nitrogens is 3. The van der Waals surface area contributed by atoms with Gasteiger partial charge in [-0.05, 0) is 18.2 Å². The number of rotatable bonds is 1. The van der Waals surface area contributed by atoms with Crippen LogP contribution in [0.25, 0.3) is 11.4 Å². The molecule has 72 valence electrons. The molecule has 5 heteroatoms. The Bertz CT molecular complexity index is 467. The Labute approximate surface area is 85.1 Å². The Kier molecular flexibility index (Phi) is 2.21. The molecule has 0 aliphatic heterocycles.